The first-order chi connectivity index (χ1) is 25.0. The van der Waals surface area contributed by atoms with E-state index in [9.17, 15) is 10.1 Å². The molecular formula is C44H54N5O2S+. The number of hydrogen-bond donors (Lipinski definition) is 0. The van der Waals surface area contributed by atoms with Gasteiger partial charge in [0.1, 0.15) is 0 Å². The molecule has 1 aliphatic carbocycles. The Balaban J connectivity index is 1.25. The molecule has 3 aliphatic heterocycles. The molecule has 7 rings (SSSR count). The monoisotopic (exact) mass is 716 g/mol. The first-order valence-corrected chi connectivity index (χ1v) is 21.4. The van der Waals surface area contributed by atoms with E-state index in [4.69, 9.17) is 0 Å². The average molecular weight is 717 g/mol. The molecule has 3 aromatic rings. The number of nitro benzene ring substituents is 1. The molecule has 0 atom stereocenters. The van der Waals surface area contributed by atoms with Gasteiger partial charge < -0.3 is 9.80 Å². The fraction of sp³-hybridized carbons (Fsp3) is 0.386. The zero-order valence-corrected chi connectivity index (χ0v) is 32.6. The minimum Gasteiger partial charge on any atom is -0.344 e. The first-order valence-electron chi connectivity index (χ1n) is 18.9. The molecule has 0 spiro atoms. The van der Waals surface area contributed by atoms with Crippen LogP contribution >= 0.6 is 10.0 Å². The number of anilines is 2. The van der Waals surface area contributed by atoms with E-state index in [0.717, 1.165) is 70.6 Å². The standard InChI is InChI=1S/C44H54N5O2S/c1-7-47-38-17-10-9-16-37(38)44(3,4)41(47)26-22-34-14-13-15-35(23-27-42-48(8-2)39-18-11-12-19-40(39)52(42,5)6)43(34)46-30-28-45(29-31-46)32-33-20-24-36(25-21-33)49(50)51/h9-12,16-27H,7-8,13-15,28-32H2,1-6H3/q+1. The van der Waals surface area contributed by atoms with Gasteiger partial charge in [0.25, 0.3) is 5.69 Å². The number of para-hydroxylation sites is 2. The molecule has 272 valence electrons. The number of fused-ring (bicyclic) bond motifs is 2. The number of rotatable bonds is 7. The molecule has 0 bridgehead atoms. The van der Waals surface area contributed by atoms with Crippen LogP contribution in [0.4, 0.5) is 17.1 Å². The van der Waals surface area contributed by atoms with E-state index in [1.54, 1.807) is 12.1 Å². The van der Waals surface area contributed by atoms with Crippen molar-refractivity contribution in [3.63, 3.8) is 0 Å². The number of hydrogen-bond acceptors (Lipinski definition) is 5. The highest BCUT2D eigenvalue weighted by molar-refractivity contribution is 8.36. The van der Waals surface area contributed by atoms with Crippen LogP contribution in [-0.2, 0) is 12.0 Å². The Hall–Kier alpha value is -4.40. The zero-order valence-electron chi connectivity index (χ0n) is 31.8. The number of benzene rings is 3. The minimum atomic E-state index is -1.13. The normalized spacial score (nSPS) is 23.5. The molecule has 1 saturated carbocycles. The van der Waals surface area contributed by atoms with E-state index < -0.39 is 10.0 Å². The van der Waals surface area contributed by atoms with Gasteiger partial charge in [0.05, 0.1) is 28.7 Å². The van der Waals surface area contributed by atoms with Crippen LogP contribution in [0.25, 0.3) is 0 Å². The highest BCUT2D eigenvalue weighted by atomic mass is 32.3. The molecule has 8 heteroatoms. The number of allylic oxidation sites excluding steroid dienone is 7. The highest BCUT2D eigenvalue weighted by Gasteiger charge is 2.39. The van der Waals surface area contributed by atoms with E-state index in [1.807, 2.05) is 12.1 Å². The lowest BCUT2D eigenvalue weighted by Gasteiger charge is -2.31. The minimum absolute atomic E-state index is 0.0689. The lowest BCUT2D eigenvalue weighted by molar-refractivity contribution is -0.539. The van der Waals surface area contributed by atoms with Crippen molar-refractivity contribution in [3.05, 3.63) is 140 Å². The number of non-ortho nitro benzene ring substituents is 1. The van der Waals surface area contributed by atoms with Gasteiger partial charge in [0, 0.05) is 64.6 Å². The van der Waals surface area contributed by atoms with Gasteiger partial charge in [-0.25, -0.2) is 4.58 Å². The molecule has 3 aromatic carbocycles. The van der Waals surface area contributed by atoms with E-state index in [-0.39, 0.29) is 16.0 Å². The van der Waals surface area contributed by atoms with Crippen LogP contribution in [0, 0.1) is 10.1 Å². The second-order valence-corrected chi connectivity index (χ2v) is 18.8. The molecule has 1 saturated heterocycles. The smallest absolute Gasteiger partial charge is 0.269 e. The number of likely N-dealkylation sites (N-methyl/N-ethyl adjacent to an activating group) is 1. The Kier molecular flexibility index (Phi) is 10.1. The van der Waals surface area contributed by atoms with Gasteiger partial charge in [-0.2, -0.15) is 10.0 Å². The predicted octanol–water partition coefficient (Wildman–Crippen LogP) is 9.41. The van der Waals surface area contributed by atoms with E-state index in [0.29, 0.717) is 0 Å². The summed E-state index contributed by atoms with van der Waals surface area (Å²) < 4.78 is 2.64. The average Bonchev–Trinajstić information content (AvgIpc) is 3.51. The van der Waals surface area contributed by atoms with E-state index in [2.05, 4.69) is 132 Å². The molecule has 52 heavy (non-hydrogen) atoms. The van der Waals surface area contributed by atoms with Crippen molar-refractivity contribution >= 4 is 32.8 Å². The summed E-state index contributed by atoms with van der Waals surface area (Å²) in [6.07, 6.45) is 18.0. The summed E-state index contributed by atoms with van der Waals surface area (Å²) in [7, 11) is -1.13. The molecule has 4 aliphatic rings. The van der Waals surface area contributed by atoms with Crippen molar-refractivity contribution in [2.45, 2.75) is 63.8 Å². The maximum Gasteiger partial charge on any atom is 0.269 e. The molecule has 0 aromatic heterocycles. The Morgan fingerprint density at radius 1 is 0.808 bits per heavy atom. The van der Waals surface area contributed by atoms with Crippen LogP contribution in [0.3, 0.4) is 0 Å². The van der Waals surface area contributed by atoms with Gasteiger partial charge in [-0.05, 0) is 93.2 Å². The molecule has 0 amide bonds. The summed E-state index contributed by atoms with van der Waals surface area (Å²) in [6.45, 7) is 15.8. The second kappa shape index (κ2) is 14.6. The third kappa shape index (κ3) is 6.56. The second-order valence-electron chi connectivity index (χ2n) is 15.3. The van der Waals surface area contributed by atoms with Gasteiger partial charge in [-0.1, -0.05) is 62.4 Å². The quantitative estimate of drug-likeness (QED) is 0.139. The topological polar surface area (TPSA) is 55.9 Å². The Bertz CT molecular complexity index is 1910. The van der Waals surface area contributed by atoms with Gasteiger partial charge in [0.2, 0.25) is 5.71 Å². The maximum absolute atomic E-state index is 11.2. The number of piperazine rings is 1. The number of nitrogens with zero attached hydrogens (tertiary/aromatic N) is 5. The summed E-state index contributed by atoms with van der Waals surface area (Å²) in [5.74, 6) is 0. The van der Waals surface area contributed by atoms with E-state index >= 15 is 0 Å². The van der Waals surface area contributed by atoms with Crippen molar-refractivity contribution in [2.24, 2.45) is 0 Å². The van der Waals surface area contributed by atoms with Gasteiger partial charge >= 0.3 is 0 Å². The molecule has 0 unspecified atom stereocenters. The zero-order chi connectivity index (χ0) is 36.6. The maximum atomic E-state index is 11.2. The number of nitro groups is 1. The summed E-state index contributed by atoms with van der Waals surface area (Å²) in [5.41, 5.74) is 10.9. The largest absolute Gasteiger partial charge is 0.344 e. The van der Waals surface area contributed by atoms with Crippen molar-refractivity contribution in [2.75, 3.05) is 61.6 Å². The predicted molar refractivity (Wildman–Crippen MR) is 219 cm³/mol. The van der Waals surface area contributed by atoms with Gasteiger partial charge in [0.15, 0.2) is 13.1 Å². The lowest BCUT2D eigenvalue weighted by atomic mass is 9.83. The van der Waals surface area contributed by atoms with Crippen LogP contribution < -0.4 is 9.80 Å². The third-order valence-corrected chi connectivity index (χ3v) is 14.4. The molecular weight excluding hydrogens is 663 g/mol. The van der Waals surface area contributed by atoms with Gasteiger partial charge in [-0.15, -0.1) is 0 Å². The molecule has 3 heterocycles. The van der Waals surface area contributed by atoms with Crippen LogP contribution in [0.2, 0.25) is 0 Å². The third-order valence-electron chi connectivity index (χ3n) is 11.5. The molecule has 7 nitrogen and oxygen atoms in total. The Morgan fingerprint density at radius 3 is 2.08 bits per heavy atom. The van der Waals surface area contributed by atoms with Crippen LogP contribution in [0.5, 0.6) is 0 Å². The van der Waals surface area contributed by atoms with Crippen molar-refractivity contribution < 1.29 is 9.50 Å². The SMILES string of the molecule is CCN1C(=CC=C2CCC/C(=C\C=C3\N(CC)c4ccccc4C3(C)C)C2=[N+]2CCN(Cc3ccc([N+](=O)[O-])cc3)CC2)S(C)(C)c2ccccc21. The molecule has 0 radical (unpaired) electrons. The molecule has 0 N–H and O–H groups in total. The van der Waals surface area contributed by atoms with Crippen LogP contribution in [0.15, 0.2) is 124 Å². The Morgan fingerprint density at radius 2 is 1.42 bits per heavy atom. The van der Waals surface area contributed by atoms with E-state index in [1.165, 1.54) is 49.4 Å². The highest BCUT2D eigenvalue weighted by Crippen LogP contribution is 2.66. The summed E-state index contributed by atoms with van der Waals surface area (Å²) in [6, 6.07) is 24.9. The fourth-order valence-electron chi connectivity index (χ4n) is 8.79. The lowest BCUT2D eigenvalue weighted by Crippen LogP contribution is -2.44. The molecule has 2 fully saturated rings. The van der Waals surface area contributed by atoms with Crippen LogP contribution in [0.1, 0.15) is 58.1 Å². The van der Waals surface area contributed by atoms with Crippen LogP contribution in [-0.4, -0.2) is 71.9 Å². The Labute approximate surface area is 311 Å². The summed E-state index contributed by atoms with van der Waals surface area (Å²) in [5, 5.41) is 12.6. The van der Waals surface area contributed by atoms with Crippen molar-refractivity contribution in [1.29, 1.82) is 0 Å². The van der Waals surface area contributed by atoms with Crippen molar-refractivity contribution in [3.8, 4) is 0 Å². The van der Waals surface area contributed by atoms with Gasteiger partial charge in [-0.3, -0.25) is 15.0 Å². The van der Waals surface area contributed by atoms with Crippen molar-refractivity contribution in [1.82, 2.24) is 4.90 Å². The summed E-state index contributed by atoms with van der Waals surface area (Å²) in [4.78, 5) is 19.8. The summed E-state index contributed by atoms with van der Waals surface area (Å²) >= 11 is 0. The first kappa shape index (κ1) is 36.0. The fourth-order valence-corrected chi connectivity index (χ4v) is 11.3.